The molecule has 1 saturated heterocycles. The number of fused-ring (bicyclic) bond motifs is 1. The van der Waals surface area contributed by atoms with E-state index in [-0.39, 0.29) is 0 Å². The average molecular weight is 319 g/mol. The lowest BCUT2D eigenvalue weighted by atomic mass is 10.0. The van der Waals surface area contributed by atoms with Crippen LogP contribution >= 0.6 is 0 Å². The normalized spacial score (nSPS) is 15.8. The Bertz CT molecular complexity index is 858. The SMILES string of the molecule is CN1CCN(c2ccc(-c3c[nH]c4ccc(C=O)cc34)cc2)CC1. The molecule has 0 spiro atoms. The molecule has 0 saturated carbocycles. The number of hydrogen-bond donors (Lipinski definition) is 1. The Morgan fingerprint density at radius 1 is 1.00 bits per heavy atom. The fourth-order valence-electron chi connectivity index (χ4n) is 3.37. The lowest BCUT2D eigenvalue weighted by molar-refractivity contribution is 0.112. The van der Waals surface area contributed by atoms with Gasteiger partial charge >= 0.3 is 0 Å². The van der Waals surface area contributed by atoms with E-state index in [1.165, 1.54) is 11.3 Å². The van der Waals surface area contributed by atoms with Gasteiger partial charge in [0.2, 0.25) is 0 Å². The van der Waals surface area contributed by atoms with E-state index in [1.807, 2.05) is 24.4 Å². The highest BCUT2D eigenvalue weighted by Gasteiger charge is 2.14. The van der Waals surface area contributed by atoms with Crippen molar-refractivity contribution in [3.8, 4) is 11.1 Å². The number of rotatable bonds is 3. The van der Waals surface area contributed by atoms with Gasteiger partial charge in [-0.1, -0.05) is 12.1 Å². The Balaban J connectivity index is 1.64. The molecule has 0 amide bonds. The van der Waals surface area contributed by atoms with E-state index in [0.717, 1.165) is 48.9 Å². The largest absolute Gasteiger partial charge is 0.369 e. The Morgan fingerprint density at radius 3 is 2.46 bits per heavy atom. The number of likely N-dealkylation sites (N-methyl/N-ethyl adjacent to an activating group) is 1. The summed E-state index contributed by atoms with van der Waals surface area (Å²) in [6.07, 6.45) is 2.91. The van der Waals surface area contributed by atoms with Crippen LogP contribution in [0.5, 0.6) is 0 Å². The molecule has 1 aliphatic rings. The van der Waals surface area contributed by atoms with E-state index in [4.69, 9.17) is 0 Å². The maximum absolute atomic E-state index is 11.0. The van der Waals surface area contributed by atoms with Crippen LogP contribution in [0.3, 0.4) is 0 Å². The Morgan fingerprint density at radius 2 is 1.75 bits per heavy atom. The molecule has 1 aromatic heterocycles. The molecule has 4 rings (SSSR count). The number of hydrogen-bond acceptors (Lipinski definition) is 3. The number of benzene rings is 2. The molecule has 1 N–H and O–H groups in total. The molecule has 122 valence electrons. The molecular formula is C20H21N3O. The Labute approximate surface area is 141 Å². The lowest BCUT2D eigenvalue weighted by Crippen LogP contribution is -2.44. The molecule has 4 nitrogen and oxygen atoms in total. The maximum Gasteiger partial charge on any atom is 0.150 e. The second-order valence-electron chi connectivity index (χ2n) is 6.46. The first-order valence-electron chi connectivity index (χ1n) is 8.35. The highest BCUT2D eigenvalue weighted by Crippen LogP contribution is 2.30. The van der Waals surface area contributed by atoms with Crippen LogP contribution in [0.4, 0.5) is 5.69 Å². The number of aldehydes is 1. The van der Waals surface area contributed by atoms with E-state index in [1.54, 1.807) is 0 Å². The van der Waals surface area contributed by atoms with Gasteiger partial charge in [0.1, 0.15) is 6.29 Å². The molecule has 1 fully saturated rings. The van der Waals surface area contributed by atoms with Gasteiger partial charge in [-0.2, -0.15) is 0 Å². The predicted octanol–water partition coefficient (Wildman–Crippen LogP) is 3.40. The third-order valence-corrected chi connectivity index (χ3v) is 4.89. The second-order valence-corrected chi connectivity index (χ2v) is 6.46. The summed E-state index contributed by atoms with van der Waals surface area (Å²) in [5.74, 6) is 0. The van der Waals surface area contributed by atoms with Gasteiger partial charge in [-0.25, -0.2) is 0 Å². The first kappa shape index (κ1) is 15.0. The number of carbonyl (C=O) groups is 1. The van der Waals surface area contributed by atoms with Crippen molar-refractivity contribution in [1.82, 2.24) is 9.88 Å². The van der Waals surface area contributed by atoms with Crippen LogP contribution in [0.25, 0.3) is 22.0 Å². The predicted molar refractivity (Wildman–Crippen MR) is 98.8 cm³/mol. The van der Waals surface area contributed by atoms with Crippen molar-refractivity contribution >= 4 is 22.9 Å². The van der Waals surface area contributed by atoms with Crippen LogP contribution in [0.15, 0.2) is 48.7 Å². The van der Waals surface area contributed by atoms with Crippen LogP contribution in [0, 0.1) is 0 Å². The average Bonchev–Trinajstić information content (AvgIpc) is 3.05. The minimum absolute atomic E-state index is 0.706. The highest BCUT2D eigenvalue weighted by atomic mass is 16.1. The second kappa shape index (κ2) is 6.13. The summed E-state index contributed by atoms with van der Waals surface area (Å²) in [5.41, 5.74) is 5.34. The summed E-state index contributed by atoms with van der Waals surface area (Å²) >= 11 is 0. The maximum atomic E-state index is 11.0. The first-order chi connectivity index (χ1) is 11.7. The van der Waals surface area contributed by atoms with Crippen molar-refractivity contribution in [3.63, 3.8) is 0 Å². The number of nitrogens with zero attached hydrogens (tertiary/aromatic N) is 2. The third-order valence-electron chi connectivity index (χ3n) is 4.89. The summed E-state index contributed by atoms with van der Waals surface area (Å²) in [4.78, 5) is 19.1. The van der Waals surface area contributed by atoms with Crippen LogP contribution in [-0.4, -0.2) is 49.4 Å². The number of H-pyrrole nitrogens is 1. The third kappa shape index (κ3) is 2.69. The van der Waals surface area contributed by atoms with Crippen LogP contribution in [0.2, 0.25) is 0 Å². The quantitative estimate of drug-likeness (QED) is 0.752. The van der Waals surface area contributed by atoms with E-state index in [2.05, 4.69) is 46.1 Å². The Hall–Kier alpha value is -2.59. The van der Waals surface area contributed by atoms with Crippen LogP contribution in [-0.2, 0) is 0 Å². The fraction of sp³-hybridized carbons (Fsp3) is 0.250. The van der Waals surface area contributed by atoms with Crippen molar-refractivity contribution in [2.75, 3.05) is 38.1 Å². The molecule has 3 aromatic rings. The van der Waals surface area contributed by atoms with E-state index in [9.17, 15) is 4.79 Å². The smallest absolute Gasteiger partial charge is 0.150 e. The minimum atomic E-state index is 0.706. The molecule has 0 atom stereocenters. The summed E-state index contributed by atoms with van der Waals surface area (Å²) < 4.78 is 0. The molecule has 0 bridgehead atoms. The molecule has 1 aliphatic heterocycles. The number of carbonyl (C=O) groups excluding carboxylic acids is 1. The van der Waals surface area contributed by atoms with Gasteiger partial charge in [-0.3, -0.25) is 4.79 Å². The Kier molecular flexibility index (Phi) is 3.82. The number of anilines is 1. The van der Waals surface area contributed by atoms with Gasteiger partial charge in [-0.05, 0) is 42.9 Å². The van der Waals surface area contributed by atoms with Gasteiger partial charge in [0, 0.05) is 60.1 Å². The van der Waals surface area contributed by atoms with E-state index >= 15 is 0 Å². The summed E-state index contributed by atoms with van der Waals surface area (Å²) in [6, 6.07) is 14.5. The van der Waals surface area contributed by atoms with Gasteiger partial charge < -0.3 is 14.8 Å². The lowest BCUT2D eigenvalue weighted by Gasteiger charge is -2.34. The van der Waals surface area contributed by atoms with Crippen LogP contribution < -0.4 is 4.90 Å². The fourth-order valence-corrected chi connectivity index (χ4v) is 3.37. The molecule has 0 unspecified atom stereocenters. The van der Waals surface area contributed by atoms with Gasteiger partial charge in [0.05, 0.1) is 0 Å². The monoisotopic (exact) mass is 319 g/mol. The zero-order valence-corrected chi connectivity index (χ0v) is 13.8. The zero-order chi connectivity index (χ0) is 16.5. The van der Waals surface area contributed by atoms with E-state index in [0.29, 0.717) is 5.56 Å². The standard InChI is InChI=1S/C20H21N3O/c1-22-8-10-23(11-9-22)17-5-3-16(4-6-17)19-13-21-20-7-2-15(14-24)12-18(19)20/h2-7,12-14,21H,8-11H2,1H3. The molecule has 0 radical (unpaired) electrons. The van der Waals surface area contributed by atoms with E-state index < -0.39 is 0 Å². The highest BCUT2D eigenvalue weighted by molar-refractivity contribution is 5.98. The van der Waals surface area contributed by atoms with Crippen molar-refractivity contribution in [2.45, 2.75) is 0 Å². The van der Waals surface area contributed by atoms with Crippen molar-refractivity contribution in [1.29, 1.82) is 0 Å². The molecule has 0 aliphatic carbocycles. The van der Waals surface area contributed by atoms with Gasteiger partial charge in [0.15, 0.2) is 0 Å². The van der Waals surface area contributed by atoms with Crippen molar-refractivity contribution in [3.05, 3.63) is 54.2 Å². The molecular weight excluding hydrogens is 298 g/mol. The number of nitrogens with one attached hydrogen (secondary N) is 1. The van der Waals surface area contributed by atoms with Gasteiger partial charge in [0.25, 0.3) is 0 Å². The molecule has 24 heavy (non-hydrogen) atoms. The minimum Gasteiger partial charge on any atom is -0.369 e. The van der Waals surface area contributed by atoms with Crippen molar-refractivity contribution < 1.29 is 4.79 Å². The molecule has 2 heterocycles. The van der Waals surface area contributed by atoms with Gasteiger partial charge in [-0.15, -0.1) is 0 Å². The zero-order valence-electron chi connectivity index (χ0n) is 13.8. The molecule has 4 heteroatoms. The topological polar surface area (TPSA) is 39.3 Å². The van der Waals surface area contributed by atoms with Crippen molar-refractivity contribution in [2.24, 2.45) is 0 Å². The summed E-state index contributed by atoms with van der Waals surface area (Å²) in [7, 11) is 2.17. The number of piperazine rings is 1. The molecule has 2 aromatic carbocycles. The summed E-state index contributed by atoms with van der Waals surface area (Å²) in [6.45, 7) is 4.37. The van der Waals surface area contributed by atoms with Crippen LogP contribution in [0.1, 0.15) is 10.4 Å². The number of aromatic amines is 1. The summed E-state index contributed by atoms with van der Waals surface area (Å²) in [5, 5.41) is 1.09. The number of aromatic nitrogens is 1. The first-order valence-corrected chi connectivity index (χ1v) is 8.35.